The third-order valence-corrected chi connectivity index (χ3v) is 2.67. The van der Waals surface area contributed by atoms with Crippen molar-refractivity contribution in [3.63, 3.8) is 0 Å². The van der Waals surface area contributed by atoms with E-state index in [0.29, 0.717) is 23.7 Å². The molecule has 0 spiro atoms. The molecule has 0 saturated heterocycles. The van der Waals surface area contributed by atoms with Crippen LogP contribution in [0.15, 0.2) is 12.1 Å². The van der Waals surface area contributed by atoms with Gasteiger partial charge in [-0.1, -0.05) is 0 Å². The van der Waals surface area contributed by atoms with Crippen molar-refractivity contribution in [2.24, 2.45) is 5.73 Å². The largest absolute Gasteiger partial charge is 0.493 e. The number of hydrogen-bond donors (Lipinski definition) is 3. The molecule has 0 heterocycles. The zero-order valence-corrected chi connectivity index (χ0v) is 13.0. The van der Waals surface area contributed by atoms with Gasteiger partial charge < -0.3 is 25.8 Å². The lowest BCUT2D eigenvalue weighted by molar-refractivity contribution is -0.116. The van der Waals surface area contributed by atoms with E-state index in [1.807, 2.05) is 0 Å². The number of hydrogen-bond acceptors (Lipinski definition) is 5. The molecule has 4 N–H and O–H groups in total. The number of ether oxygens (including phenoxy) is 2. The number of benzene rings is 1. The van der Waals surface area contributed by atoms with E-state index in [1.165, 1.54) is 26.4 Å². The van der Waals surface area contributed by atoms with Crippen molar-refractivity contribution in [1.29, 1.82) is 0 Å². The molecule has 0 fully saturated rings. The molecule has 0 aliphatic carbocycles. The molecule has 0 aliphatic rings. The first-order chi connectivity index (χ1) is 9.53. The second-order valence-electron chi connectivity index (χ2n) is 4.02. The summed E-state index contributed by atoms with van der Waals surface area (Å²) < 4.78 is 10.2. The standard InChI is InChI=1S/C13H19N3O4.ClH/c1-15-5-4-12(17)16-9-7-11(20-3)10(19-2)6-8(9)13(14)18;/h6-7,15H,4-5H2,1-3H3,(H2,14,18)(H,16,17);1H. The van der Waals surface area contributed by atoms with Crippen LogP contribution in [0.4, 0.5) is 5.69 Å². The van der Waals surface area contributed by atoms with E-state index in [1.54, 1.807) is 7.05 Å². The minimum Gasteiger partial charge on any atom is -0.493 e. The van der Waals surface area contributed by atoms with Crippen LogP contribution >= 0.6 is 12.4 Å². The highest BCUT2D eigenvalue weighted by Gasteiger charge is 2.16. The van der Waals surface area contributed by atoms with Crippen LogP contribution in [0.2, 0.25) is 0 Å². The second kappa shape index (κ2) is 9.04. The molecule has 0 radical (unpaired) electrons. The first-order valence-corrected chi connectivity index (χ1v) is 6.03. The number of methoxy groups -OCH3 is 2. The van der Waals surface area contributed by atoms with Gasteiger partial charge in [-0.15, -0.1) is 12.4 Å². The van der Waals surface area contributed by atoms with Crippen molar-refractivity contribution in [3.05, 3.63) is 17.7 Å². The van der Waals surface area contributed by atoms with Crippen LogP contribution in [-0.2, 0) is 4.79 Å². The lowest BCUT2D eigenvalue weighted by Gasteiger charge is -2.14. The number of carbonyl (C=O) groups excluding carboxylic acids is 2. The Hall–Kier alpha value is -1.99. The summed E-state index contributed by atoms with van der Waals surface area (Å²) in [6, 6.07) is 2.95. The first kappa shape index (κ1) is 19.0. The van der Waals surface area contributed by atoms with Gasteiger partial charge in [-0.3, -0.25) is 9.59 Å². The maximum Gasteiger partial charge on any atom is 0.250 e. The van der Waals surface area contributed by atoms with Crippen LogP contribution in [0.5, 0.6) is 11.5 Å². The molecular formula is C13H20ClN3O4. The zero-order valence-electron chi connectivity index (χ0n) is 12.2. The molecule has 1 aromatic rings. The van der Waals surface area contributed by atoms with Crippen molar-refractivity contribution in [1.82, 2.24) is 5.32 Å². The third kappa shape index (κ3) is 5.13. The Morgan fingerprint density at radius 2 is 1.76 bits per heavy atom. The molecule has 0 unspecified atom stereocenters. The van der Waals surface area contributed by atoms with E-state index >= 15 is 0 Å². The number of halogens is 1. The summed E-state index contributed by atoms with van der Waals surface area (Å²) in [5.74, 6) is -0.111. The Labute approximate surface area is 129 Å². The molecule has 0 aromatic heterocycles. The highest BCUT2D eigenvalue weighted by molar-refractivity contribution is 6.03. The van der Waals surface area contributed by atoms with Gasteiger partial charge in [0, 0.05) is 19.0 Å². The lowest BCUT2D eigenvalue weighted by atomic mass is 10.1. The van der Waals surface area contributed by atoms with E-state index < -0.39 is 5.91 Å². The Morgan fingerprint density at radius 3 is 2.24 bits per heavy atom. The summed E-state index contributed by atoms with van der Waals surface area (Å²) in [6.45, 7) is 0.533. The fraction of sp³-hybridized carbons (Fsp3) is 0.385. The average molecular weight is 318 g/mol. The summed E-state index contributed by atoms with van der Waals surface area (Å²) in [7, 11) is 4.67. The summed E-state index contributed by atoms with van der Waals surface area (Å²) in [4.78, 5) is 23.2. The highest BCUT2D eigenvalue weighted by atomic mass is 35.5. The van der Waals surface area contributed by atoms with E-state index in [4.69, 9.17) is 15.2 Å². The smallest absolute Gasteiger partial charge is 0.250 e. The van der Waals surface area contributed by atoms with Crippen LogP contribution < -0.4 is 25.8 Å². The van der Waals surface area contributed by atoms with Gasteiger partial charge in [0.05, 0.1) is 25.5 Å². The van der Waals surface area contributed by atoms with E-state index in [0.717, 1.165) is 0 Å². The summed E-state index contributed by atoms with van der Waals surface area (Å²) in [5, 5.41) is 5.50. The number of nitrogens with one attached hydrogen (secondary N) is 2. The number of nitrogens with two attached hydrogens (primary N) is 1. The molecule has 0 atom stereocenters. The van der Waals surface area contributed by atoms with Crippen molar-refractivity contribution in [2.45, 2.75) is 6.42 Å². The Kier molecular flexibility index (Phi) is 8.18. The van der Waals surface area contributed by atoms with Gasteiger partial charge in [0.15, 0.2) is 11.5 Å². The SMILES string of the molecule is CNCCC(=O)Nc1cc(OC)c(OC)cc1C(N)=O.Cl. The minimum atomic E-state index is -0.658. The highest BCUT2D eigenvalue weighted by Crippen LogP contribution is 2.33. The topological polar surface area (TPSA) is 103 Å². The number of anilines is 1. The van der Waals surface area contributed by atoms with Crippen LogP contribution in [-0.4, -0.2) is 39.6 Å². The van der Waals surface area contributed by atoms with Crippen LogP contribution in [0.1, 0.15) is 16.8 Å². The van der Waals surface area contributed by atoms with Gasteiger partial charge in [0.2, 0.25) is 5.91 Å². The molecule has 0 aliphatic heterocycles. The van der Waals surface area contributed by atoms with Gasteiger partial charge in [-0.2, -0.15) is 0 Å². The predicted molar refractivity (Wildman–Crippen MR) is 82.5 cm³/mol. The third-order valence-electron chi connectivity index (χ3n) is 2.67. The average Bonchev–Trinajstić information content (AvgIpc) is 2.44. The normalized spacial score (nSPS) is 9.48. The molecule has 1 rings (SSSR count). The fourth-order valence-corrected chi connectivity index (χ4v) is 1.64. The molecule has 8 heteroatoms. The van der Waals surface area contributed by atoms with Crippen LogP contribution in [0.25, 0.3) is 0 Å². The minimum absolute atomic E-state index is 0. The van der Waals surface area contributed by atoms with Gasteiger partial charge >= 0.3 is 0 Å². The monoisotopic (exact) mass is 317 g/mol. The van der Waals surface area contributed by atoms with E-state index in [-0.39, 0.29) is 30.3 Å². The molecule has 1 aromatic carbocycles. The quantitative estimate of drug-likeness (QED) is 0.689. The number of amides is 2. The molecule has 7 nitrogen and oxygen atoms in total. The van der Waals surface area contributed by atoms with Gasteiger partial charge in [-0.05, 0) is 13.1 Å². The predicted octanol–water partition coefficient (Wildman–Crippen LogP) is 0.772. The van der Waals surface area contributed by atoms with Crippen LogP contribution in [0.3, 0.4) is 0 Å². The second-order valence-corrected chi connectivity index (χ2v) is 4.02. The zero-order chi connectivity index (χ0) is 15.1. The fourth-order valence-electron chi connectivity index (χ4n) is 1.64. The molecule has 0 bridgehead atoms. The first-order valence-electron chi connectivity index (χ1n) is 6.03. The van der Waals surface area contributed by atoms with Crippen molar-refractivity contribution in [3.8, 4) is 11.5 Å². The van der Waals surface area contributed by atoms with Crippen molar-refractivity contribution >= 4 is 29.9 Å². The lowest BCUT2D eigenvalue weighted by Crippen LogP contribution is -2.21. The van der Waals surface area contributed by atoms with Gasteiger partial charge in [-0.25, -0.2) is 0 Å². The molecule has 21 heavy (non-hydrogen) atoms. The van der Waals surface area contributed by atoms with Crippen molar-refractivity contribution < 1.29 is 19.1 Å². The molecule has 118 valence electrons. The van der Waals surface area contributed by atoms with E-state index in [2.05, 4.69) is 10.6 Å². The summed E-state index contributed by atoms with van der Waals surface area (Å²) >= 11 is 0. The van der Waals surface area contributed by atoms with Gasteiger partial charge in [0.25, 0.3) is 5.91 Å². The van der Waals surface area contributed by atoms with Crippen LogP contribution in [0, 0.1) is 0 Å². The Bertz CT molecular complexity index is 508. The maximum atomic E-state index is 11.7. The summed E-state index contributed by atoms with van der Waals surface area (Å²) in [5.41, 5.74) is 5.78. The molecular weight excluding hydrogens is 298 g/mol. The summed E-state index contributed by atoms with van der Waals surface area (Å²) in [6.07, 6.45) is 0.281. The van der Waals surface area contributed by atoms with Crippen molar-refractivity contribution in [2.75, 3.05) is 33.1 Å². The van der Waals surface area contributed by atoms with E-state index in [9.17, 15) is 9.59 Å². The number of carbonyl (C=O) groups is 2. The van der Waals surface area contributed by atoms with Gasteiger partial charge in [0.1, 0.15) is 0 Å². The molecule has 0 saturated carbocycles. The number of rotatable bonds is 7. The Morgan fingerprint density at radius 1 is 1.19 bits per heavy atom. The number of primary amides is 1. The molecule has 2 amide bonds. The Balaban J connectivity index is 0.00000400. The maximum absolute atomic E-state index is 11.7.